The van der Waals surface area contributed by atoms with Crippen molar-refractivity contribution >= 4 is 29.9 Å². The highest BCUT2D eigenvalue weighted by atomic mass is 127. The van der Waals surface area contributed by atoms with Crippen molar-refractivity contribution in [1.82, 2.24) is 25.7 Å². The minimum Gasteiger partial charge on any atom is -0.356 e. The third-order valence-corrected chi connectivity index (χ3v) is 4.28. The van der Waals surface area contributed by atoms with Crippen LogP contribution in [0, 0.1) is 0 Å². The molecule has 0 spiro atoms. The molecule has 1 aromatic heterocycles. The Labute approximate surface area is 174 Å². The van der Waals surface area contributed by atoms with Crippen LogP contribution in [0.3, 0.4) is 0 Å². The van der Waals surface area contributed by atoms with Crippen LogP contribution >= 0.6 is 24.0 Å². The van der Waals surface area contributed by atoms with Gasteiger partial charge in [0.05, 0.1) is 0 Å². The Morgan fingerprint density at radius 2 is 2.08 bits per heavy atom. The molecule has 0 atom stereocenters. The summed E-state index contributed by atoms with van der Waals surface area (Å²) in [4.78, 5) is 11.2. The van der Waals surface area contributed by atoms with Gasteiger partial charge in [-0.3, -0.25) is 9.89 Å². The maximum absolute atomic E-state index is 5.26. The lowest BCUT2D eigenvalue weighted by Crippen LogP contribution is -2.49. The molecule has 0 aliphatic carbocycles. The minimum absolute atomic E-state index is 0. The summed E-state index contributed by atoms with van der Waals surface area (Å²) in [6, 6.07) is 0.462. The number of halogens is 1. The van der Waals surface area contributed by atoms with Crippen molar-refractivity contribution in [2.24, 2.45) is 4.99 Å². The fraction of sp³-hybridized carbons (Fsp3) is 0.722. The number of aliphatic imine (C=N–C) groups is 1. The van der Waals surface area contributed by atoms with E-state index in [1.54, 1.807) is 7.05 Å². The maximum atomic E-state index is 5.26. The molecule has 0 unspecified atom stereocenters. The predicted octanol–water partition coefficient (Wildman–Crippen LogP) is 2.56. The van der Waals surface area contributed by atoms with Crippen molar-refractivity contribution < 1.29 is 4.52 Å². The number of nitrogens with zero attached hydrogens (tertiary/aromatic N) is 4. The van der Waals surface area contributed by atoms with Crippen molar-refractivity contribution in [2.75, 3.05) is 33.2 Å². The molecule has 0 radical (unpaired) electrons. The number of guanidine groups is 1. The Hall–Kier alpha value is -1.16. The van der Waals surface area contributed by atoms with Crippen molar-refractivity contribution in [3.05, 3.63) is 23.9 Å². The minimum atomic E-state index is 0. The van der Waals surface area contributed by atoms with Gasteiger partial charge in [0.15, 0.2) is 11.8 Å². The fourth-order valence-corrected chi connectivity index (χ4v) is 2.90. The molecule has 1 saturated heterocycles. The first-order valence-electron chi connectivity index (χ1n) is 9.14. The number of nitrogens with one attached hydrogen (secondary N) is 2. The lowest BCUT2D eigenvalue weighted by Gasteiger charge is -2.33. The van der Waals surface area contributed by atoms with Crippen LogP contribution in [0.5, 0.6) is 0 Å². The van der Waals surface area contributed by atoms with Crippen molar-refractivity contribution in [3.63, 3.8) is 0 Å². The molecule has 7 nitrogen and oxygen atoms in total. The highest BCUT2D eigenvalue weighted by molar-refractivity contribution is 14.0. The molecule has 1 aliphatic rings. The second-order valence-corrected chi connectivity index (χ2v) is 7.10. The molecule has 1 aliphatic heterocycles. The Balaban J connectivity index is 0.00000338. The molecule has 26 heavy (non-hydrogen) atoms. The van der Waals surface area contributed by atoms with Crippen molar-refractivity contribution in [2.45, 2.75) is 52.0 Å². The molecular formula is C18H33IN6O. The van der Waals surface area contributed by atoms with E-state index in [2.05, 4.69) is 58.0 Å². The topological polar surface area (TPSA) is 78.6 Å². The molecule has 148 valence electrons. The van der Waals surface area contributed by atoms with E-state index in [0.29, 0.717) is 24.9 Å². The van der Waals surface area contributed by atoms with Gasteiger partial charge < -0.3 is 15.2 Å². The average Bonchev–Trinajstić information content (AvgIpc) is 3.04. The second-order valence-electron chi connectivity index (χ2n) is 7.10. The third-order valence-electron chi connectivity index (χ3n) is 4.28. The van der Waals surface area contributed by atoms with Gasteiger partial charge in [-0.1, -0.05) is 31.2 Å². The Morgan fingerprint density at radius 3 is 2.62 bits per heavy atom. The van der Waals surface area contributed by atoms with Gasteiger partial charge >= 0.3 is 0 Å². The number of rotatable bonds is 7. The van der Waals surface area contributed by atoms with Gasteiger partial charge in [0, 0.05) is 51.6 Å². The van der Waals surface area contributed by atoms with E-state index >= 15 is 0 Å². The van der Waals surface area contributed by atoms with Gasteiger partial charge in [0.25, 0.3) is 0 Å². The smallest absolute Gasteiger partial charge is 0.228 e. The second kappa shape index (κ2) is 11.5. The zero-order chi connectivity index (χ0) is 18.2. The standard InChI is InChI=1S/C18H32N6O.HI/c1-13(2)12-24-10-7-15(8-11-24)21-18(19-5)20-9-6-16-22-17(14(3)4)23-25-16;/h14-15H,1,6-12H2,2-5H3,(H2,19,20,21);1H. The molecule has 0 amide bonds. The van der Waals surface area contributed by atoms with E-state index in [1.165, 1.54) is 5.57 Å². The lowest BCUT2D eigenvalue weighted by atomic mass is 10.0. The summed E-state index contributed by atoms with van der Waals surface area (Å²) < 4.78 is 5.26. The normalized spacial score (nSPS) is 16.4. The summed E-state index contributed by atoms with van der Waals surface area (Å²) in [5.74, 6) is 2.55. The zero-order valence-electron chi connectivity index (χ0n) is 16.4. The van der Waals surface area contributed by atoms with E-state index in [9.17, 15) is 0 Å². The summed E-state index contributed by atoms with van der Waals surface area (Å²) >= 11 is 0. The Kier molecular flexibility index (Phi) is 10.1. The Bertz CT molecular complexity index is 578. The highest BCUT2D eigenvalue weighted by Crippen LogP contribution is 2.12. The molecule has 1 fully saturated rings. The van der Waals surface area contributed by atoms with Gasteiger partial charge in [0.2, 0.25) is 5.89 Å². The summed E-state index contributed by atoms with van der Waals surface area (Å²) in [7, 11) is 1.80. The quantitative estimate of drug-likeness (QED) is 0.273. The maximum Gasteiger partial charge on any atom is 0.228 e. The van der Waals surface area contributed by atoms with E-state index in [-0.39, 0.29) is 29.9 Å². The van der Waals surface area contributed by atoms with E-state index in [0.717, 1.165) is 44.3 Å². The molecule has 2 rings (SSSR count). The van der Waals surface area contributed by atoms with E-state index < -0.39 is 0 Å². The highest BCUT2D eigenvalue weighted by Gasteiger charge is 2.19. The van der Waals surface area contributed by atoms with Crippen LogP contribution in [0.4, 0.5) is 0 Å². The van der Waals surface area contributed by atoms with Crippen LogP contribution in [-0.2, 0) is 6.42 Å². The molecule has 0 bridgehead atoms. The van der Waals surface area contributed by atoms with Crippen molar-refractivity contribution in [1.29, 1.82) is 0 Å². The van der Waals surface area contributed by atoms with Crippen LogP contribution in [-0.4, -0.2) is 60.3 Å². The molecule has 1 aromatic rings. The van der Waals surface area contributed by atoms with Crippen molar-refractivity contribution in [3.8, 4) is 0 Å². The number of hydrogen-bond donors (Lipinski definition) is 2. The summed E-state index contributed by atoms with van der Waals surface area (Å²) in [6.45, 7) is 14.1. The molecule has 0 aromatic carbocycles. The number of aromatic nitrogens is 2. The van der Waals surface area contributed by atoms with Crippen LogP contribution < -0.4 is 10.6 Å². The molecule has 2 N–H and O–H groups in total. The van der Waals surface area contributed by atoms with Gasteiger partial charge in [-0.2, -0.15) is 4.98 Å². The predicted molar refractivity (Wildman–Crippen MR) is 116 cm³/mol. The first-order chi connectivity index (χ1) is 12.0. The average molecular weight is 476 g/mol. The summed E-state index contributed by atoms with van der Waals surface area (Å²) in [5.41, 5.74) is 1.23. The number of piperidine rings is 1. The summed E-state index contributed by atoms with van der Waals surface area (Å²) in [6.07, 6.45) is 2.93. The lowest BCUT2D eigenvalue weighted by molar-refractivity contribution is 0.221. The van der Waals surface area contributed by atoms with Gasteiger partial charge in [-0.25, -0.2) is 0 Å². The van der Waals surface area contributed by atoms with Gasteiger partial charge in [0.1, 0.15) is 0 Å². The first kappa shape index (κ1) is 22.9. The Morgan fingerprint density at radius 1 is 1.38 bits per heavy atom. The van der Waals surface area contributed by atoms with E-state index in [4.69, 9.17) is 4.52 Å². The molecule has 2 heterocycles. The van der Waals surface area contributed by atoms with Crippen LogP contribution in [0.25, 0.3) is 0 Å². The SMILES string of the molecule is C=C(C)CN1CCC(NC(=NC)NCCc2nc(C(C)C)no2)CC1.I. The van der Waals surface area contributed by atoms with Gasteiger partial charge in [-0.15, -0.1) is 24.0 Å². The molecule has 8 heteroatoms. The number of hydrogen-bond acceptors (Lipinski definition) is 5. The molecule has 0 saturated carbocycles. The largest absolute Gasteiger partial charge is 0.356 e. The van der Waals surface area contributed by atoms with Gasteiger partial charge in [-0.05, 0) is 19.8 Å². The molecular weight excluding hydrogens is 443 g/mol. The third kappa shape index (κ3) is 7.61. The summed E-state index contributed by atoms with van der Waals surface area (Å²) in [5, 5.41) is 10.8. The van der Waals surface area contributed by atoms with E-state index in [1.807, 2.05) is 0 Å². The van der Waals surface area contributed by atoms with Crippen LogP contribution in [0.15, 0.2) is 21.7 Å². The monoisotopic (exact) mass is 476 g/mol. The fourth-order valence-electron chi connectivity index (χ4n) is 2.90. The number of likely N-dealkylation sites (tertiary alicyclic amines) is 1. The zero-order valence-corrected chi connectivity index (χ0v) is 18.7. The van der Waals surface area contributed by atoms with Crippen LogP contribution in [0.2, 0.25) is 0 Å². The van der Waals surface area contributed by atoms with Crippen LogP contribution in [0.1, 0.15) is 51.2 Å². The first-order valence-corrected chi connectivity index (χ1v) is 9.14.